The Labute approximate surface area is 115 Å². The number of hydrogen-bond acceptors (Lipinski definition) is 4. The van der Waals surface area contributed by atoms with Gasteiger partial charge in [-0.25, -0.2) is 4.79 Å². The van der Waals surface area contributed by atoms with E-state index >= 15 is 0 Å². The zero-order valence-electron chi connectivity index (χ0n) is 11.5. The normalized spacial score (nSPS) is 20.2. The lowest BCUT2D eigenvalue weighted by Crippen LogP contribution is -2.47. The van der Waals surface area contributed by atoms with Gasteiger partial charge in [0, 0.05) is 6.54 Å². The molecule has 6 heteroatoms. The lowest BCUT2D eigenvalue weighted by atomic mass is 10.1. The Bertz CT molecular complexity index is 256. The van der Waals surface area contributed by atoms with E-state index in [1.54, 1.807) is 4.90 Å². The van der Waals surface area contributed by atoms with Gasteiger partial charge in [0.25, 0.3) is 0 Å². The van der Waals surface area contributed by atoms with Crippen molar-refractivity contribution in [2.75, 3.05) is 26.2 Å². The molecule has 5 nitrogen and oxygen atoms in total. The van der Waals surface area contributed by atoms with Crippen LogP contribution in [0, 0.1) is 0 Å². The monoisotopic (exact) mass is 280 g/mol. The van der Waals surface area contributed by atoms with Crippen LogP contribution in [0.5, 0.6) is 0 Å². The summed E-state index contributed by atoms with van der Waals surface area (Å²) in [5.74, 6) is 0. The van der Waals surface area contributed by atoms with Gasteiger partial charge in [-0.15, -0.1) is 12.4 Å². The van der Waals surface area contributed by atoms with Crippen molar-refractivity contribution in [3.63, 3.8) is 0 Å². The van der Waals surface area contributed by atoms with Gasteiger partial charge in [-0.1, -0.05) is 0 Å². The van der Waals surface area contributed by atoms with Crippen LogP contribution >= 0.6 is 12.4 Å². The summed E-state index contributed by atoms with van der Waals surface area (Å²) in [5.41, 5.74) is 5.02. The Hall–Kier alpha value is -0.520. The molecule has 108 valence electrons. The molecule has 0 aliphatic carbocycles. The summed E-state index contributed by atoms with van der Waals surface area (Å²) >= 11 is 0. The standard InChI is InChI=1S/C12H24N2O3.ClH/c1-12(2,3)17-11(15)14-7-8-16-10(9-14)5-4-6-13;/h10H,4-9,13H2,1-3H3;1H. The Kier molecular flexibility index (Phi) is 7.59. The fourth-order valence-electron chi connectivity index (χ4n) is 1.73. The molecule has 1 aliphatic rings. The number of morpholine rings is 1. The molecule has 18 heavy (non-hydrogen) atoms. The summed E-state index contributed by atoms with van der Waals surface area (Å²) in [5, 5.41) is 0. The number of nitrogens with two attached hydrogens (primary N) is 1. The Morgan fingerprint density at radius 2 is 2.17 bits per heavy atom. The van der Waals surface area contributed by atoms with E-state index in [-0.39, 0.29) is 24.6 Å². The summed E-state index contributed by atoms with van der Waals surface area (Å²) < 4.78 is 10.9. The second kappa shape index (κ2) is 7.81. The molecule has 1 fully saturated rings. The minimum absolute atomic E-state index is 0. The number of carbonyl (C=O) groups is 1. The van der Waals surface area contributed by atoms with Gasteiger partial charge in [-0.05, 0) is 40.2 Å². The average Bonchev–Trinajstić information content (AvgIpc) is 2.24. The van der Waals surface area contributed by atoms with Crippen molar-refractivity contribution >= 4 is 18.5 Å². The summed E-state index contributed by atoms with van der Waals surface area (Å²) in [6, 6.07) is 0. The van der Waals surface area contributed by atoms with Crippen LogP contribution in [0.1, 0.15) is 33.6 Å². The zero-order chi connectivity index (χ0) is 12.9. The predicted molar refractivity (Wildman–Crippen MR) is 73.1 cm³/mol. The molecule has 0 bridgehead atoms. The molecular weight excluding hydrogens is 256 g/mol. The number of halogens is 1. The third-order valence-electron chi connectivity index (χ3n) is 2.52. The van der Waals surface area contributed by atoms with Crippen molar-refractivity contribution in [1.82, 2.24) is 4.90 Å². The van der Waals surface area contributed by atoms with Crippen LogP contribution in [0.15, 0.2) is 0 Å². The van der Waals surface area contributed by atoms with Crippen molar-refractivity contribution in [2.45, 2.75) is 45.3 Å². The fraction of sp³-hybridized carbons (Fsp3) is 0.917. The van der Waals surface area contributed by atoms with Gasteiger partial charge in [0.1, 0.15) is 5.60 Å². The maximum absolute atomic E-state index is 11.9. The molecule has 1 unspecified atom stereocenters. The van der Waals surface area contributed by atoms with E-state index in [2.05, 4.69) is 0 Å². The molecule has 0 radical (unpaired) electrons. The van der Waals surface area contributed by atoms with Crippen LogP contribution in [0.25, 0.3) is 0 Å². The van der Waals surface area contributed by atoms with Crippen molar-refractivity contribution in [3.8, 4) is 0 Å². The first kappa shape index (κ1) is 17.5. The van der Waals surface area contributed by atoms with Gasteiger partial charge in [0.2, 0.25) is 0 Å². The minimum atomic E-state index is -0.442. The summed E-state index contributed by atoms with van der Waals surface area (Å²) in [6.45, 7) is 8.06. The van der Waals surface area contributed by atoms with Crippen LogP contribution in [0.4, 0.5) is 4.79 Å². The van der Waals surface area contributed by atoms with Gasteiger partial charge in [0.15, 0.2) is 0 Å². The van der Waals surface area contributed by atoms with Crippen molar-refractivity contribution < 1.29 is 14.3 Å². The molecule has 1 aliphatic heterocycles. The Morgan fingerprint density at radius 3 is 2.72 bits per heavy atom. The van der Waals surface area contributed by atoms with E-state index in [0.717, 1.165) is 12.8 Å². The fourth-order valence-corrected chi connectivity index (χ4v) is 1.73. The van der Waals surface area contributed by atoms with E-state index in [1.165, 1.54) is 0 Å². The maximum atomic E-state index is 11.9. The van der Waals surface area contributed by atoms with Crippen molar-refractivity contribution in [1.29, 1.82) is 0 Å². The SMILES string of the molecule is CC(C)(C)OC(=O)N1CCOC(CCCN)C1.Cl. The predicted octanol–water partition coefficient (Wildman–Crippen LogP) is 1.78. The van der Waals surface area contributed by atoms with E-state index in [4.69, 9.17) is 15.2 Å². The largest absolute Gasteiger partial charge is 0.444 e. The van der Waals surface area contributed by atoms with Crippen LogP contribution < -0.4 is 5.73 Å². The third-order valence-corrected chi connectivity index (χ3v) is 2.52. The topological polar surface area (TPSA) is 64.8 Å². The smallest absolute Gasteiger partial charge is 0.410 e. The van der Waals surface area contributed by atoms with Gasteiger partial charge in [-0.3, -0.25) is 0 Å². The van der Waals surface area contributed by atoms with Gasteiger partial charge < -0.3 is 20.1 Å². The maximum Gasteiger partial charge on any atom is 0.410 e. The summed E-state index contributed by atoms with van der Waals surface area (Å²) in [7, 11) is 0. The molecule has 1 rings (SSSR count). The molecule has 0 spiro atoms. The molecule has 1 saturated heterocycles. The first-order valence-corrected chi connectivity index (χ1v) is 6.22. The Morgan fingerprint density at radius 1 is 1.50 bits per heavy atom. The third kappa shape index (κ3) is 6.42. The number of hydrogen-bond donors (Lipinski definition) is 1. The quantitative estimate of drug-likeness (QED) is 0.856. The van der Waals surface area contributed by atoms with Gasteiger partial charge in [-0.2, -0.15) is 0 Å². The van der Waals surface area contributed by atoms with E-state index in [9.17, 15) is 4.79 Å². The molecule has 0 aromatic heterocycles. The highest BCUT2D eigenvalue weighted by Crippen LogP contribution is 2.14. The van der Waals surface area contributed by atoms with Crippen LogP contribution in [0.3, 0.4) is 0 Å². The molecule has 0 aromatic carbocycles. The number of rotatable bonds is 3. The lowest BCUT2D eigenvalue weighted by molar-refractivity contribution is -0.0447. The highest BCUT2D eigenvalue weighted by molar-refractivity contribution is 5.85. The van der Waals surface area contributed by atoms with Crippen LogP contribution in [-0.2, 0) is 9.47 Å². The molecule has 0 aromatic rings. The molecule has 1 amide bonds. The lowest BCUT2D eigenvalue weighted by Gasteiger charge is -2.34. The first-order chi connectivity index (χ1) is 7.92. The minimum Gasteiger partial charge on any atom is -0.444 e. The highest BCUT2D eigenvalue weighted by Gasteiger charge is 2.27. The van der Waals surface area contributed by atoms with Crippen LogP contribution in [0.2, 0.25) is 0 Å². The summed E-state index contributed by atoms with van der Waals surface area (Å²) in [4.78, 5) is 13.6. The Balaban J connectivity index is 0.00000289. The first-order valence-electron chi connectivity index (χ1n) is 6.22. The van der Waals surface area contributed by atoms with Crippen molar-refractivity contribution in [2.24, 2.45) is 5.73 Å². The van der Waals surface area contributed by atoms with E-state index in [1.807, 2.05) is 20.8 Å². The van der Waals surface area contributed by atoms with Gasteiger partial charge >= 0.3 is 6.09 Å². The zero-order valence-corrected chi connectivity index (χ0v) is 12.3. The molecule has 0 saturated carbocycles. The molecular formula is C12H25ClN2O3. The summed E-state index contributed by atoms with van der Waals surface area (Å²) in [6.07, 6.45) is 1.67. The van der Waals surface area contributed by atoms with E-state index < -0.39 is 5.60 Å². The number of amides is 1. The second-order valence-corrected chi connectivity index (χ2v) is 5.35. The molecule has 2 N–H and O–H groups in total. The van der Waals surface area contributed by atoms with Gasteiger partial charge in [0.05, 0.1) is 19.3 Å². The van der Waals surface area contributed by atoms with Crippen LogP contribution in [-0.4, -0.2) is 48.9 Å². The second-order valence-electron chi connectivity index (χ2n) is 5.35. The van der Waals surface area contributed by atoms with Crippen molar-refractivity contribution in [3.05, 3.63) is 0 Å². The molecule has 1 heterocycles. The van der Waals surface area contributed by atoms with E-state index in [0.29, 0.717) is 26.2 Å². The number of carbonyl (C=O) groups excluding carboxylic acids is 1. The average molecular weight is 281 g/mol. The number of ether oxygens (including phenoxy) is 2. The highest BCUT2D eigenvalue weighted by atomic mass is 35.5. The molecule has 1 atom stereocenters. The number of nitrogens with zero attached hydrogens (tertiary/aromatic N) is 1.